The first-order chi connectivity index (χ1) is 17.9. The summed E-state index contributed by atoms with van der Waals surface area (Å²) in [6, 6.07) is 22.2. The van der Waals surface area contributed by atoms with E-state index in [0.29, 0.717) is 16.9 Å². The highest BCUT2D eigenvalue weighted by atomic mass is 32.1. The first-order valence-electron chi connectivity index (χ1n) is 11.5. The number of methoxy groups -OCH3 is 2. The summed E-state index contributed by atoms with van der Waals surface area (Å²) in [6.45, 7) is 2.01. The van der Waals surface area contributed by atoms with Crippen LogP contribution in [0.2, 0.25) is 0 Å². The second kappa shape index (κ2) is 11.0. The molecule has 2 unspecified atom stereocenters. The Balaban J connectivity index is 1.98. The summed E-state index contributed by atoms with van der Waals surface area (Å²) < 4.78 is 10.2. The first kappa shape index (κ1) is 25.5. The maximum atomic E-state index is 13.3. The molecule has 0 spiro atoms. The van der Waals surface area contributed by atoms with Gasteiger partial charge in [-0.05, 0) is 36.1 Å². The van der Waals surface area contributed by atoms with E-state index < -0.39 is 17.9 Å². The van der Waals surface area contributed by atoms with E-state index >= 15 is 0 Å². The molecule has 1 aromatic heterocycles. The first-order valence-corrected chi connectivity index (χ1v) is 12.3. The third-order valence-electron chi connectivity index (χ3n) is 6.10. The Bertz CT molecular complexity index is 1410. The second-order valence-corrected chi connectivity index (χ2v) is 9.21. The van der Waals surface area contributed by atoms with E-state index in [-0.39, 0.29) is 28.7 Å². The van der Waals surface area contributed by atoms with Crippen LogP contribution in [-0.4, -0.2) is 26.2 Å². The van der Waals surface area contributed by atoms with Crippen molar-refractivity contribution in [1.82, 2.24) is 0 Å². The van der Waals surface area contributed by atoms with Crippen molar-refractivity contribution in [2.75, 3.05) is 24.4 Å². The van der Waals surface area contributed by atoms with Gasteiger partial charge >= 0.3 is 11.9 Å². The molecule has 3 N–H and O–H groups in total. The van der Waals surface area contributed by atoms with Crippen LogP contribution in [0.15, 0.2) is 94.8 Å². The van der Waals surface area contributed by atoms with Gasteiger partial charge in [0.25, 0.3) is 0 Å². The Hall–Kier alpha value is -4.55. The van der Waals surface area contributed by atoms with Crippen molar-refractivity contribution >= 4 is 34.7 Å². The van der Waals surface area contributed by atoms with Crippen molar-refractivity contribution in [3.05, 3.63) is 105 Å². The SMILES string of the molecule is COC(=O)C1=C(C(=O)OC)N(c2ccccc2NC(C)c2cccs2)C(N)=C(C#N)C1c1ccccc1. The van der Waals surface area contributed by atoms with E-state index in [1.807, 2.05) is 42.6 Å². The molecule has 0 bridgehead atoms. The predicted octanol–water partition coefficient (Wildman–Crippen LogP) is 4.82. The molecule has 1 aliphatic heterocycles. The molecular formula is C28H26N4O4S. The molecule has 0 radical (unpaired) electrons. The summed E-state index contributed by atoms with van der Waals surface area (Å²) in [5.74, 6) is -2.46. The van der Waals surface area contributed by atoms with Crippen molar-refractivity contribution in [3.8, 4) is 6.07 Å². The minimum atomic E-state index is -0.922. The largest absolute Gasteiger partial charge is 0.466 e. The number of ether oxygens (including phenoxy) is 2. The van der Waals surface area contributed by atoms with Crippen molar-refractivity contribution < 1.29 is 19.1 Å². The number of nitrogens with zero attached hydrogens (tertiary/aromatic N) is 2. The van der Waals surface area contributed by atoms with Crippen LogP contribution in [0.5, 0.6) is 0 Å². The number of hydrogen-bond acceptors (Lipinski definition) is 9. The quantitative estimate of drug-likeness (QED) is 0.431. The van der Waals surface area contributed by atoms with E-state index in [4.69, 9.17) is 15.2 Å². The lowest BCUT2D eigenvalue weighted by Crippen LogP contribution is -2.41. The number of thiophene rings is 1. The molecule has 4 rings (SSSR count). The summed E-state index contributed by atoms with van der Waals surface area (Å²) in [7, 11) is 2.45. The summed E-state index contributed by atoms with van der Waals surface area (Å²) in [5.41, 5.74) is 8.34. The van der Waals surface area contributed by atoms with E-state index in [1.54, 1.807) is 47.7 Å². The van der Waals surface area contributed by atoms with Crippen LogP contribution in [0, 0.1) is 11.3 Å². The van der Waals surface area contributed by atoms with Gasteiger partial charge in [-0.2, -0.15) is 5.26 Å². The summed E-state index contributed by atoms with van der Waals surface area (Å²) in [5, 5.41) is 15.7. The molecule has 188 valence electrons. The van der Waals surface area contributed by atoms with Crippen LogP contribution in [0.1, 0.15) is 29.3 Å². The number of benzene rings is 2. The number of anilines is 2. The Morgan fingerprint density at radius 2 is 1.70 bits per heavy atom. The van der Waals surface area contributed by atoms with Gasteiger partial charge in [0.05, 0.1) is 54.8 Å². The van der Waals surface area contributed by atoms with Crippen molar-refractivity contribution in [2.24, 2.45) is 5.73 Å². The maximum Gasteiger partial charge on any atom is 0.355 e. The van der Waals surface area contributed by atoms with Gasteiger partial charge in [0, 0.05) is 4.88 Å². The molecule has 0 saturated carbocycles. The number of hydrogen-bond donors (Lipinski definition) is 2. The van der Waals surface area contributed by atoms with Gasteiger partial charge < -0.3 is 20.5 Å². The van der Waals surface area contributed by atoms with E-state index in [0.717, 1.165) is 4.88 Å². The molecule has 0 amide bonds. The molecule has 2 atom stereocenters. The Morgan fingerprint density at radius 1 is 1.03 bits per heavy atom. The van der Waals surface area contributed by atoms with E-state index in [2.05, 4.69) is 11.4 Å². The standard InChI is InChI=1S/C28H26N4O4S/c1-17(22-14-9-15-37-22)31-20-12-7-8-13-21(20)32-25(28(34)36-3)24(27(33)35-2)23(19(16-29)26(32)30)18-10-5-4-6-11-18/h4-15,17,23,31H,30H2,1-3H3. The van der Waals surface area contributed by atoms with Crippen molar-refractivity contribution in [3.63, 3.8) is 0 Å². The van der Waals surface area contributed by atoms with Gasteiger partial charge in [-0.3, -0.25) is 4.90 Å². The Labute approximate surface area is 219 Å². The van der Waals surface area contributed by atoms with Gasteiger partial charge in [0.2, 0.25) is 0 Å². The normalized spacial score (nSPS) is 16.2. The minimum Gasteiger partial charge on any atom is -0.466 e. The Kier molecular flexibility index (Phi) is 7.60. The number of para-hydroxylation sites is 2. The molecule has 2 heterocycles. The van der Waals surface area contributed by atoms with Crippen LogP contribution in [0.4, 0.5) is 11.4 Å². The monoisotopic (exact) mass is 514 g/mol. The van der Waals surface area contributed by atoms with Crippen LogP contribution in [0.3, 0.4) is 0 Å². The molecule has 1 aliphatic rings. The van der Waals surface area contributed by atoms with Crippen LogP contribution >= 0.6 is 11.3 Å². The fraction of sp³-hybridized carbons (Fsp3) is 0.179. The third kappa shape index (κ3) is 4.79. The van der Waals surface area contributed by atoms with Crippen LogP contribution < -0.4 is 16.0 Å². The number of carbonyl (C=O) groups excluding carboxylic acids is 2. The molecule has 9 heteroatoms. The minimum absolute atomic E-state index is 0.0161. The van der Waals surface area contributed by atoms with Gasteiger partial charge in [-0.25, -0.2) is 9.59 Å². The zero-order valence-electron chi connectivity index (χ0n) is 20.6. The zero-order valence-corrected chi connectivity index (χ0v) is 21.4. The lowest BCUT2D eigenvalue weighted by Gasteiger charge is -2.37. The lowest BCUT2D eigenvalue weighted by atomic mass is 9.81. The molecule has 8 nitrogen and oxygen atoms in total. The molecular weight excluding hydrogens is 488 g/mol. The van der Waals surface area contributed by atoms with Gasteiger partial charge in [0.15, 0.2) is 0 Å². The Morgan fingerprint density at radius 3 is 2.32 bits per heavy atom. The van der Waals surface area contributed by atoms with E-state index in [9.17, 15) is 14.9 Å². The second-order valence-electron chi connectivity index (χ2n) is 8.23. The number of esters is 2. The molecule has 37 heavy (non-hydrogen) atoms. The number of rotatable bonds is 7. The number of carbonyl (C=O) groups is 2. The molecule has 0 saturated heterocycles. The maximum absolute atomic E-state index is 13.3. The fourth-order valence-electron chi connectivity index (χ4n) is 4.40. The topological polar surface area (TPSA) is 118 Å². The van der Waals surface area contributed by atoms with Crippen molar-refractivity contribution in [2.45, 2.75) is 18.9 Å². The van der Waals surface area contributed by atoms with Gasteiger partial charge in [-0.1, -0.05) is 48.5 Å². The van der Waals surface area contributed by atoms with Crippen molar-refractivity contribution in [1.29, 1.82) is 5.26 Å². The van der Waals surface area contributed by atoms with Crippen LogP contribution in [0.25, 0.3) is 0 Å². The lowest BCUT2D eigenvalue weighted by molar-refractivity contribution is -0.139. The highest BCUT2D eigenvalue weighted by Crippen LogP contribution is 2.45. The predicted molar refractivity (Wildman–Crippen MR) is 142 cm³/mol. The van der Waals surface area contributed by atoms with Gasteiger partial charge in [0.1, 0.15) is 11.5 Å². The van der Waals surface area contributed by atoms with Crippen LogP contribution in [-0.2, 0) is 19.1 Å². The molecule has 2 aromatic carbocycles. The zero-order chi connectivity index (χ0) is 26.5. The average Bonchev–Trinajstić information content (AvgIpc) is 3.48. The number of nitrogens with one attached hydrogen (secondary N) is 1. The average molecular weight is 515 g/mol. The number of allylic oxidation sites excluding steroid dienone is 1. The summed E-state index contributed by atoms with van der Waals surface area (Å²) in [6.07, 6.45) is 0. The molecule has 0 fully saturated rings. The highest BCUT2D eigenvalue weighted by molar-refractivity contribution is 7.10. The smallest absolute Gasteiger partial charge is 0.355 e. The fourth-order valence-corrected chi connectivity index (χ4v) is 5.13. The third-order valence-corrected chi connectivity index (χ3v) is 7.15. The molecule has 0 aliphatic carbocycles. The molecule has 3 aromatic rings. The highest BCUT2D eigenvalue weighted by Gasteiger charge is 2.43. The summed E-state index contributed by atoms with van der Waals surface area (Å²) >= 11 is 1.61. The number of nitriles is 1. The summed E-state index contributed by atoms with van der Waals surface area (Å²) in [4.78, 5) is 29.1. The van der Waals surface area contributed by atoms with E-state index in [1.165, 1.54) is 19.1 Å². The van der Waals surface area contributed by atoms with Gasteiger partial charge in [-0.15, -0.1) is 11.3 Å². The number of nitrogens with two attached hydrogens (primary N) is 1.